The third-order valence-electron chi connectivity index (χ3n) is 5.67. The average Bonchev–Trinajstić information content (AvgIpc) is 2.83. The van der Waals surface area contributed by atoms with E-state index in [9.17, 15) is 8.42 Å². The van der Waals surface area contributed by atoms with Crippen molar-refractivity contribution in [2.24, 2.45) is 0 Å². The van der Waals surface area contributed by atoms with Crippen molar-refractivity contribution >= 4 is 26.7 Å². The van der Waals surface area contributed by atoms with Crippen LogP contribution in [0.2, 0.25) is 0 Å². The van der Waals surface area contributed by atoms with Crippen LogP contribution < -0.4 is 10.1 Å². The van der Waals surface area contributed by atoms with E-state index >= 15 is 0 Å². The molecule has 1 N–H and O–H groups in total. The van der Waals surface area contributed by atoms with E-state index in [1.54, 1.807) is 35.7 Å². The molecule has 0 bridgehead atoms. The predicted octanol–water partition coefficient (Wildman–Crippen LogP) is 2.62. The third kappa shape index (κ3) is 4.85. The van der Waals surface area contributed by atoms with E-state index in [2.05, 4.69) is 17.1 Å². The average molecular weight is 456 g/mol. The minimum absolute atomic E-state index is 0.298. The molecule has 0 spiro atoms. The summed E-state index contributed by atoms with van der Waals surface area (Å²) in [7, 11) is -1.93. The highest BCUT2D eigenvalue weighted by Crippen LogP contribution is 2.22. The maximum absolute atomic E-state index is 12.9. The van der Waals surface area contributed by atoms with Crippen LogP contribution >= 0.6 is 0 Å². The van der Waals surface area contributed by atoms with Crippen LogP contribution in [0.15, 0.2) is 53.4 Å². The number of benzene rings is 2. The summed E-state index contributed by atoms with van der Waals surface area (Å²) in [6.07, 6.45) is 0.717. The Hall–Kier alpha value is -2.75. The molecule has 0 atom stereocenters. The van der Waals surface area contributed by atoms with Gasteiger partial charge in [-0.05, 0) is 43.3 Å². The third-order valence-corrected chi connectivity index (χ3v) is 7.59. The smallest absolute Gasteiger partial charge is 0.243 e. The number of hydrogen-bond donors (Lipinski definition) is 1. The number of para-hydroxylation sites is 1. The molecule has 1 saturated heterocycles. The topological polar surface area (TPSA) is 87.7 Å². The zero-order chi connectivity index (χ0) is 22.6. The Labute approximate surface area is 189 Å². The fourth-order valence-electron chi connectivity index (χ4n) is 3.89. The van der Waals surface area contributed by atoms with E-state index in [-0.39, 0.29) is 0 Å². The summed E-state index contributed by atoms with van der Waals surface area (Å²) in [5, 5.41) is 4.35. The minimum Gasteiger partial charge on any atom is -0.497 e. The fraction of sp³-hybridized carbons (Fsp3) is 0.391. The number of hydrogen-bond acceptors (Lipinski definition) is 7. The molecule has 1 aromatic heterocycles. The van der Waals surface area contributed by atoms with Crippen molar-refractivity contribution in [3.8, 4) is 5.75 Å². The van der Waals surface area contributed by atoms with Gasteiger partial charge in [0.1, 0.15) is 17.4 Å². The molecule has 2 heterocycles. The highest BCUT2D eigenvalue weighted by atomic mass is 32.2. The number of methoxy groups -OCH3 is 1. The van der Waals surface area contributed by atoms with Crippen molar-refractivity contribution in [2.75, 3.05) is 51.7 Å². The molecule has 2 aromatic carbocycles. The Morgan fingerprint density at radius 2 is 1.72 bits per heavy atom. The van der Waals surface area contributed by atoms with Gasteiger partial charge in [-0.2, -0.15) is 4.31 Å². The van der Waals surface area contributed by atoms with Crippen molar-refractivity contribution in [3.63, 3.8) is 0 Å². The summed E-state index contributed by atoms with van der Waals surface area (Å²) in [5.74, 6) is 2.30. The first-order valence-electron chi connectivity index (χ1n) is 10.9. The number of ether oxygens (including phenoxy) is 1. The van der Waals surface area contributed by atoms with E-state index in [0.717, 1.165) is 35.6 Å². The van der Waals surface area contributed by atoms with Gasteiger partial charge in [0.25, 0.3) is 0 Å². The van der Waals surface area contributed by atoms with Crippen LogP contribution in [-0.4, -0.2) is 74.0 Å². The van der Waals surface area contributed by atoms with Gasteiger partial charge in [0.2, 0.25) is 10.0 Å². The van der Waals surface area contributed by atoms with Gasteiger partial charge in [-0.25, -0.2) is 18.4 Å². The molecule has 0 unspecified atom stereocenters. The first-order chi connectivity index (χ1) is 15.5. The van der Waals surface area contributed by atoms with Gasteiger partial charge < -0.3 is 15.0 Å². The number of aromatic nitrogens is 2. The molecule has 0 aliphatic carbocycles. The summed E-state index contributed by atoms with van der Waals surface area (Å²) in [5.41, 5.74) is 0.934. The molecule has 9 heteroatoms. The van der Waals surface area contributed by atoms with Crippen LogP contribution in [0.5, 0.6) is 5.75 Å². The fourth-order valence-corrected chi connectivity index (χ4v) is 5.31. The van der Waals surface area contributed by atoms with Crippen molar-refractivity contribution in [2.45, 2.75) is 18.2 Å². The van der Waals surface area contributed by atoms with E-state index in [0.29, 0.717) is 43.2 Å². The lowest BCUT2D eigenvalue weighted by Gasteiger charge is -2.33. The molecule has 0 amide bonds. The number of piperazine rings is 1. The largest absolute Gasteiger partial charge is 0.497 e. The van der Waals surface area contributed by atoms with Crippen molar-refractivity contribution in [1.29, 1.82) is 0 Å². The molecule has 3 aromatic rings. The summed E-state index contributed by atoms with van der Waals surface area (Å²) in [6.45, 7) is 5.94. The van der Waals surface area contributed by atoms with Crippen LogP contribution in [-0.2, 0) is 16.4 Å². The highest BCUT2D eigenvalue weighted by molar-refractivity contribution is 7.89. The molecule has 170 valence electrons. The summed E-state index contributed by atoms with van der Waals surface area (Å²) >= 11 is 0. The Bertz CT molecular complexity index is 1160. The normalized spacial score (nSPS) is 15.7. The summed E-state index contributed by atoms with van der Waals surface area (Å²) in [6, 6.07) is 14.6. The zero-order valence-electron chi connectivity index (χ0n) is 18.5. The minimum atomic E-state index is -3.50. The van der Waals surface area contributed by atoms with Gasteiger partial charge in [0, 0.05) is 51.1 Å². The van der Waals surface area contributed by atoms with Crippen molar-refractivity contribution < 1.29 is 13.2 Å². The number of anilines is 1. The number of fused-ring (bicyclic) bond motifs is 1. The molecule has 0 saturated carbocycles. The molecule has 32 heavy (non-hydrogen) atoms. The molecular formula is C23H29N5O3S. The lowest BCUT2D eigenvalue weighted by atomic mass is 10.2. The second-order valence-electron chi connectivity index (χ2n) is 7.71. The molecule has 1 aliphatic heterocycles. The van der Waals surface area contributed by atoms with Gasteiger partial charge in [0.05, 0.1) is 17.5 Å². The van der Waals surface area contributed by atoms with E-state index in [1.807, 2.05) is 24.3 Å². The van der Waals surface area contributed by atoms with E-state index in [1.165, 1.54) is 0 Å². The first kappa shape index (κ1) is 22.4. The first-order valence-corrected chi connectivity index (χ1v) is 12.3. The second kappa shape index (κ2) is 9.81. The van der Waals surface area contributed by atoms with Crippen LogP contribution in [0.3, 0.4) is 0 Å². The maximum Gasteiger partial charge on any atom is 0.243 e. The Morgan fingerprint density at radius 3 is 2.41 bits per heavy atom. The summed E-state index contributed by atoms with van der Waals surface area (Å²) in [4.78, 5) is 12.0. The Kier molecular flexibility index (Phi) is 6.88. The van der Waals surface area contributed by atoms with Crippen LogP contribution in [0.4, 0.5) is 5.82 Å². The monoisotopic (exact) mass is 455 g/mol. The van der Waals surface area contributed by atoms with Crippen LogP contribution in [0.1, 0.15) is 12.7 Å². The number of nitrogens with zero attached hydrogens (tertiary/aromatic N) is 4. The SMILES string of the molecule is CCNc1nc(CCN2CCN(S(=O)(=O)c3ccc(OC)cc3)CC2)nc2ccccc12. The van der Waals surface area contributed by atoms with Crippen molar-refractivity contribution in [1.82, 2.24) is 19.2 Å². The van der Waals surface area contributed by atoms with Gasteiger partial charge in [-0.1, -0.05) is 12.1 Å². The maximum atomic E-state index is 12.9. The number of rotatable bonds is 8. The standard InChI is InChI=1S/C23H29N5O3S/c1-3-24-23-20-6-4-5-7-21(20)25-22(26-23)12-13-27-14-16-28(17-15-27)32(29,30)19-10-8-18(31-2)9-11-19/h4-11H,3,12-17H2,1-2H3,(H,24,25,26). The quantitative estimate of drug-likeness (QED) is 0.559. The molecule has 0 radical (unpaired) electrons. The van der Waals surface area contributed by atoms with Gasteiger partial charge in [0.15, 0.2) is 0 Å². The van der Waals surface area contributed by atoms with Crippen LogP contribution in [0.25, 0.3) is 10.9 Å². The van der Waals surface area contributed by atoms with Gasteiger partial charge in [-0.3, -0.25) is 0 Å². The Morgan fingerprint density at radius 1 is 1.00 bits per heavy atom. The second-order valence-corrected chi connectivity index (χ2v) is 9.65. The summed E-state index contributed by atoms with van der Waals surface area (Å²) < 4.78 is 32.5. The molecule has 8 nitrogen and oxygen atoms in total. The molecule has 1 aliphatic rings. The van der Waals surface area contributed by atoms with Crippen molar-refractivity contribution in [3.05, 3.63) is 54.4 Å². The number of nitrogens with one attached hydrogen (secondary N) is 1. The lowest BCUT2D eigenvalue weighted by molar-refractivity contribution is 0.189. The van der Waals surface area contributed by atoms with E-state index < -0.39 is 10.0 Å². The lowest BCUT2D eigenvalue weighted by Crippen LogP contribution is -2.49. The Balaban J connectivity index is 1.37. The van der Waals surface area contributed by atoms with E-state index in [4.69, 9.17) is 14.7 Å². The van der Waals surface area contributed by atoms with Crippen LogP contribution in [0, 0.1) is 0 Å². The molecule has 4 rings (SSSR count). The predicted molar refractivity (Wildman–Crippen MR) is 126 cm³/mol. The zero-order valence-corrected chi connectivity index (χ0v) is 19.3. The van der Waals surface area contributed by atoms with Gasteiger partial charge in [-0.15, -0.1) is 0 Å². The number of sulfonamides is 1. The molecular weight excluding hydrogens is 426 g/mol. The van der Waals surface area contributed by atoms with Gasteiger partial charge >= 0.3 is 0 Å². The highest BCUT2D eigenvalue weighted by Gasteiger charge is 2.28. The molecule has 1 fully saturated rings.